The first-order valence-electron chi connectivity index (χ1n) is 12.2. The van der Waals surface area contributed by atoms with Gasteiger partial charge in [-0.25, -0.2) is 0 Å². The Balaban J connectivity index is 1.54. The maximum absolute atomic E-state index is 13.0. The molecule has 1 unspecified atom stereocenters. The summed E-state index contributed by atoms with van der Waals surface area (Å²) < 4.78 is 5.15. The van der Waals surface area contributed by atoms with Crippen LogP contribution in [0, 0.1) is 5.92 Å². The first kappa shape index (κ1) is 25.6. The molecule has 34 heavy (non-hydrogen) atoms. The van der Waals surface area contributed by atoms with Gasteiger partial charge in [-0.05, 0) is 66.1 Å². The molecule has 2 aromatic rings. The van der Waals surface area contributed by atoms with Crippen LogP contribution in [-0.4, -0.2) is 44.1 Å². The molecule has 2 aromatic carbocycles. The third-order valence-corrected chi connectivity index (χ3v) is 6.53. The number of carbonyl (C=O) groups excluding carboxylic acids is 2. The van der Waals surface area contributed by atoms with Crippen LogP contribution in [0.5, 0.6) is 5.75 Å². The van der Waals surface area contributed by atoms with Crippen LogP contribution in [0.15, 0.2) is 48.5 Å². The number of ether oxygens (including phenoxy) is 1. The quantitative estimate of drug-likeness (QED) is 0.630. The third-order valence-electron chi connectivity index (χ3n) is 6.53. The second kappa shape index (κ2) is 10.9. The fourth-order valence-electron chi connectivity index (χ4n) is 4.25. The number of benzene rings is 2. The molecule has 2 amide bonds. The number of piperidine rings is 1. The first-order valence-corrected chi connectivity index (χ1v) is 12.2. The van der Waals surface area contributed by atoms with Crippen molar-refractivity contribution >= 4 is 17.5 Å². The zero-order valence-corrected chi connectivity index (χ0v) is 21.4. The summed E-state index contributed by atoms with van der Waals surface area (Å²) in [6.45, 7) is 12.3. The maximum atomic E-state index is 13.0. The third kappa shape index (κ3) is 6.52. The summed E-state index contributed by atoms with van der Waals surface area (Å²) in [6.07, 6.45) is 1.76. The molecule has 0 aromatic heterocycles. The van der Waals surface area contributed by atoms with Crippen LogP contribution in [0.4, 0.5) is 5.69 Å². The summed E-state index contributed by atoms with van der Waals surface area (Å²) in [7, 11) is 1.58. The molecule has 1 aliphatic heterocycles. The molecular formula is C28H39N3O3. The fourth-order valence-corrected chi connectivity index (χ4v) is 4.25. The molecule has 1 atom stereocenters. The lowest BCUT2D eigenvalue weighted by atomic mass is 9.87. The number of amides is 2. The molecule has 184 valence electrons. The molecule has 2 N–H and O–H groups in total. The lowest BCUT2D eigenvalue weighted by Crippen LogP contribution is -2.54. The number of methoxy groups -OCH3 is 1. The molecule has 1 saturated heterocycles. The van der Waals surface area contributed by atoms with Gasteiger partial charge in [0.2, 0.25) is 5.91 Å². The van der Waals surface area contributed by atoms with Gasteiger partial charge >= 0.3 is 0 Å². The maximum Gasteiger partial charge on any atom is 0.251 e. The van der Waals surface area contributed by atoms with E-state index in [0.29, 0.717) is 11.3 Å². The van der Waals surface area contributed by atoms with Gasteiger partial charge in [-0.15, -0.1) is 0 Å². The molecule has 0 spiro atoms. The van der Waals surface area contributed by atoms with Crippen molar-refractivity contribution in [2.45, 2.75) is 65.0 Å². The van der Waals surface area contributed by atoms with Crippen molar-refractivity contribution in [3.05, 3.63) is 59.7 Å². The average Bonchev–Trinajstić information content (AvgIpc) is 2.82. The molecule has 0 aliphatic carbocycles. The zero-order valence-electron chi connectivity index (χ0n) is 21.4. The summed E-state index contributed by atoms with van der Waals surface area (Å²) in [4.78, 5) is 28.1. The van der Waals surface area contributed by atoms with Crippen molar-refractivity contribution in [3.8, 4) is 5.75 Å². The van der Waals surface area contributed by atoms with E-state index in [-0.39, 0.29) is 29.2 Å². The predicted octanol–water partition coefficient (Wildman–Crippen LogP) is 4.53. The van der Waals surface area contributed by atoms with E-state index in [2.05, 4.69) is 60.6 Å². The van der Waals surface area contributed by atoms with Crippen molar-refractivity contribution in [3.63, 3.8) is 0 Å². The Morgan fingerprint density at radius 1 is 0.971 bits per heavy atom. The van der Waals surface area contributed by atoms with Gasteiger partial charge < -0.3 is 20.3 Å². The number of rotatable bonds is 7. The smallest absolute Gasteiger partial charge is 0.251 e. The summed E-state index contributed by atoms with van der Waals surface area (Å²) in [5.74, 6) is 0.282. The van der Waals surface area contributed by atoms with Crippen molar-refractivity contribution in [2.75, 3.05) is 25.1 Å². The number of carbonyl (C=O) groups is 2. The van der Waals surface area contributed by atoms with E-state index < -0.39 is 6.04 Å². The van der Waals surface area contributed by atoms with Gasteiger partial charge in [0.1, 0.15) is 11.8 Å². The van der Waals surface area contributed by atoms with Gasteiger partial charge in [0.05, 0.1) is 7.11 Å². The first-order chi connectivity index (χ1) is 16.1. The molecule has 6 nitrogen and oxygen atoms in total. The van der Waals surface area contributed by atoms with E-state index in [0.717, 1.165) is 25.9 Å². The van der Waals surface area contributed by atoms with Crippen molar-refractivity contribution in [2.24, 2.45) is 5.92 Å². The summed E-state index contributed by atoms with van der Waals surface area (Å²) in [5, 5.41) is 6.09. The standard InChI is InChI=1S/C28H39N3O3/c1-19(2)25(30-26(32)20-7-13-24(34-6)14-8-20)27(33)29-22-15-17-31(18-16-22)23-11-9-21(10-12-23)28(3,4)5/h7-14,19,22,25H,15-18H2,1-6H3,(H,29,33)(H,30,32). The van der Waals surface area contributed by atoms with Crippen LogP contribution in [0.2, 0.25) is 0 Å². The molecule has 1 heterocycles. The monoisotopic (exact) mass is 465 g/mol. The minimum absolute atomic E-state index is 0.0244. The molecule has 3 rings (SSSR count). The molecular weight excluding hydrogens is 426 g/mol. The van der Waals surface area contributed by atoms with Crippen LogP contribution in [-0.2, 0) is 10.2 Å². The molecule has 0 saturated carbocycles. The minimum Gasteiger partial charge on any atom is -0.497 e. The van der Waals surface area contributed by atoms with E-state index in [1.54, 1.807) is 31.4 Å². The molecule has 0 radical (unpaired) electrons. The Morgan fingerprint density at radius 3 is 2.06 bits per heavy atom. The lowest BCUT2D eigenvalue weighted by Gasteiger charge is -2.35. The van der Waals surface area contributed by atoms with Gasteiger partial charge in [-0.2, -0.15) is 0 Å². The van der Waals surface area contributed by atoms with Gasteiger partial charge in [0.25, 0.3) is 5.91 Å². The highest BCUT2D eigenvalue weighted by Gasteiger charge is 2.28. The highest BCUT2D eigenvalue weighted by Crippen LogP contribution is 2.26. The Kier molecular flexibility index (Phi) is 8.24. The van der Waals surface area contributed by atoms with E-state index >= 15 is 0 Å². The summed E-state index contributed by atoms with van der Waals surface area (Å²) >= 11 is 0. The largest absolute Gasteiger partial charge is 0.497 e. The Morgan fingerprint density at radius 2 is 1.56 bits per heavy atom. The zero-order chi connectivity index (χ0) is 24.9. The van der Waals surface area contributed by atoms with Gasteiger partial charge in [0.15, 0.2) is 0 Å². The van der Waals surface area contributed by atoms with Crippen LogP contribution in [0.25, 0.3) is 0 Å². The number of nitrogens with one attached hydrogen (secondary N) is 2. The van der Waals surface area contributed by atoms with E-state index in [1.807, 2.05) is 13.8 Å². The second-order valence-corrected chi connectivity index (χ2v) is 10.5. The number of nitrogens with zero attached hydrogens (tertiary/aromatic N) is 1. The summed E-state index contributed by atoms with van der Waals surface area (Å²) in [6, 6.07) is 15.2. The minimum atomic E-state index is -0.586. The lowest BCUT2D eigenvalue weighted by molar-refractivity contribution is -0.124. The highest BCUT2D eigenvalue weighted by molar-refractivity contribution is 5.97. The number of hydrogen-bond donors (Lipinski definition) is 2. The van der Waals surface area contributed by atoms with Gasteiger partial charge in [-0.3, -0.25) is 9.59 Å². The van der Waals surface area contributed by atoms with Crippen LogP contribution < -0.4 is 20.3 Å². The van der Waals surface area contributed by atoms with Crippen LogP contribution in [0.3, 0.4) is 0 Å². The average molecular weight is 466 g/mol. The molecule has 0 bridgehead atoms. The van der Waals surface area contributed by atoms with Crippen LogP contribution in [0.1, 0.15) is 63.4 Å². The second-order valence-electron chi connectivity index (χ2n) is 10.5. The van der Waals surface area contributed by atoms with Gasteiger partial charge in [0, 0.05) is 30.4 Å². The Hall–Kier alpha value is -3.02. The Labute approximate surface area is 204 Å². The molecule has 1 aliphatic rings. The SMILES string of the molecule is COc1ccc(C(=O)NC(C(=O)NC2CCN(c3ccc(C(C)(C)C)cc3)CC2)C(C)C)cc1. The molecule has 6 heteroatoms. The number of hydrogen-bond acceptors (Lipinski definition) is 4. The Bertz CT molecular complexity index is 954. The van der Waals surface area contributed by atoms with E-state index in [1.165, 1.54) is 11.3 Å². The van der Waals surface area contributed by atoms with Gasteiger partial charge in [-0.1, -0.05) is 46.8 Å². The van der Waals surface area contributed by atoms with Crippen molar-refractivity contribution in [1.29, 1.82) is 0 Å². The van der Waals surface area contributed by atoms with Crippen molar-refractivity contribution < 1.29 is 14.3 Å². The predicted molar refractivity (Wildman–Crippen MR) is 138 cm³/mol. The topological polar surface area (TPSA) is 70.7 Å². The summed E-state index contributed by atoms with van der Waals surface area (Å²) in [5.41, 5.74) is 3.20. The molecule has 1 fully saturated rings. The fraction of sp³-hybridized carbons (Fsp3) is 0.500. The van der Waals surface area contributed by atoms with Crippen LogP contribution >= 0.6 is 0 Å². The number of anilines is 1. The highest BCUT2D eigenvalue weighted by atomic mass is 16.5. The van der Waals surface area contributed by atoms with Crippen molar-refractivity contribution in [1.82, 2.24) is 10.6 Å². The van der Waals surface area contributed by atoms with E-state index in [9.17, 15) is 9.59 Å². The normalized spacial score (nSPS) is 15.7. The van der Waals surface area contributed by atoms with E-state index in [4.69, 9.17) is 4.74 Å².